The van der Waals surface area contributed by atoms with Crippen LogP contribution in [0.2, 0.25) is 0 Å². The van der Waals surface area contributed by atoms with Crippen LogP contribution in [-0.4, -0.2) is 30.6 Å². The number of hydrogen-bond acceptors (Lipinski definition) is 5. The Balaban J connectivity index is 2.09. The molecule has 1 aliphatic heterocycles. The normalized spacial score (nSPS) is 17.2. The second-order valence-electron chi connectivity index (χ2n) is 5.64. The molecule has 0 atom stereocenters. The summed E-state index contributed by atoms with van der Waals surface area (Å²) in [5.41, 5.74) is 5.65. The standard InChI is InChI=1S/C14H19N3O4/c1-14(4-6-21-7-5-14)9-16-13(18)11-8-10(15)2-3-12(11)17(19)20/h2-3,8H,4-7,9,15H2,1H3,(H,16,18). The monoisotopic (exact) mass is 293 g/mol. The van der Waals surface area contributed by atoms with Gasteiger partial charge in [-0.1, -0.05) is 6.92 Å². The summed E-state index contributed by atoms with van der Waals surface area (Å²) in [7, 11) is 0. The van der Waals surface area contributed by atoms with Gasteiger partial charge in [0.15, 0.2) is 0 Å². The summed E-state index contributed by atoms with van der Waals surface area (Å²) in [6.45, 7) is 3.88. The van der Waals surface area contributed by atoms with Crippen LogP contribution in [0.25, 0.3) is 0 Å². The topological polar surface area (TPSA) is 107 Å². The quantitative estimate of drug-likeness (QED) is 0.499. The van der Waals surface area contributed by atoms with E-state index in [1.54, 1.807) is 0 Å². The molecule has 0 aliphatic carbocycles. The minimum atomic E-state index is -0.579. The van der Waals surface area contributed by atoms with Crippen LogP contribution in [0, 0.1) is 15.5 Å². The largest absolute Gasteiger partial charge is 0.399 e. The predicted molar refractivity (Wildman–Crippen MR) is 78.0 cm³/mol. The first-order valence-electron chi connectivity index (χ1n) is 6.81. The van der Waals surface area contributed by atoms with Crippen molar-refractivity contribution in [3.8, 4) is 0 Å². The molecule has 0 unspecified atom stereocenters. The Bertz CT molecular complexity index is 553. The summed E-state index contributed by atoms with van der Waals surface area (Å²) < 4.78 is 5.30. The first-order chi connectivity index (χ1) is 9.91. The molecule has 1 aliphatic rings. The first-order valence-corrected chi connectivity index (χ1v) is 6.81. The van der Waals surface area contributed by atoms with E-state index in [0.717, 1.165) is 12.8 Å². The number of nitrogens with two attached hydrogens (primary N) is 1. The van der Waals surface area contributed by atoms with E-state index in [1.807, 2.05) is 0 Å². The Labute approximate surface area is 122 Å². The maximum atomic E-state index is 12.2. The Morgan fingerprint density at radius 2 is 2.14 bits per heavy atom. The smallest absolute Gasteiger partial charge is 0.282 e. The number of ether oxygens (including phenoxy) is 1. The van der Waals surface area contributed by atoms with Crippen molar-refractivity contribution in [2.24, 2.45) is 5.41 Å². The fourth-order valence-electron chi connectivity index (χ4n) is 2.32. The molecule has 1 fully saturated rings. The number of carbonyl (C=O) groups is 1. The van der Waals surface area contributed by atoms with Gasteiger partial charge in [-0.15, -0.1) is 0 Å². The van der Waals surface area contributed by atoms with Gasteiger partial charge in [0, 0.05) is 31.5 Å². The number of benzene rings is 1. The summed E-state index contributed by atoms with van der Waals surface area (Å²) in [4.78, 5) is 22.6. The van der Waals surface area contributed by atoms with Crippen LogP contribution < -0.4 is 11.1 Å². The first kappa shape index (κ1) is 15.2. The van der Waals surface area contributed by atoms with Crippen molar-refractivity contribution in [3.05, 3.63) is 33.9 Å². The van der Waals surface area contributed by atoms with Gasteiger partial charge in [0.2, 0.25) is 0 Å². The Morgan fingerprint density at radius 1 is 1.48 bits per heavy atom. The predicted octanol–water partition coefficient (Wildman–Crippen LogP) is 1.72. The van der Waals surface area contributed by atoms with E-state index in [2.05, 4.69) is 12.2 Å². The third kappa shape index (κ3) is 3.69. The fourth-order valence-corrected chi connectivity index (χ4v) is 2.32. The van der Waals surface area contributed by atoms with Crippen LogP contribution in [0.4, 0.5) is 11.4 Å². The zero-order valence-electron chi connectivity index (χ0n) is 11.9. The van der Waals surface area contributed by atoms with Crippen LogP contribution in [0.5, 0.6) is 0 Å². The highest BCUT2D eigenvalue weighted by Crippen LogP contribution is 2.29. The molecule has 1 amide bonds. The van der Waals surface area contributed by atoms with Gasteiger partial charge in [-0.2, -0.15) is 0 Å². The minimum absolute atomic E-state index is 0.00402. The van der Waals surface area contributed by atoms with Crippen molar-refractivity contribution in [1.82, 2.24) is 5.32 Å². The molecular weight excluding hydrogens is 274 g/mol. The van der Waals surface area contributed by atoms with Crippen LogP contribution in [0.15, 0.2) is 18.2 Å². The molecule has 0 radical (unpaired) electrons. The zero-order chi connectivity index (χ0) is 15.5. The number of nitrogens with one attached hydrogen (secondary N) is 1. The molecule has 114 valence electrons. The highest BCUT2D eigenvalue weighted by molar-refractivity contribution is 5.99. The molecule has 21 heavy (non-hydrogen) atoms. The van der Waals surface area contributed by atoms with Gasteiger partial charge in [0.05, 0.1) is 4.92 Å². The lowest BCUT2D eigenvalue weighted by molar-refractivity contribution is -0.385. The molecule has 2 rings (SSSR count). The lowest BCUT2D eigenvalue weighted by atomic mass is 9.82. The third-order valence-corrected chi connectivity index (χ3v) is 3.84. The van der Waals surface area contributed by atoms with Gasteiger partial charge in [-0.05, 0) is 30.4 Å². The SMILES string of the molecule is CC1(CNC(=O)c2cc(N)ccc2[N+](=O)[O-])CCOCC1. The number of rotatable bonds is 4. The van der Waals surface area contributed by atoms with Crippen molar-refractivity contribution in [1.29, 1.82) is 0 Å². The number of nitrogens with zero attached hydrogens (tertiary/aromatic N) is 1. The average molecular weight is 293 g/mol. The van der Waals surface area contributed by atoms with Gasteiger partial charge in [-0.3, -0.25) is 14.9 Å². The average Bonchev–Trinajstić information content (AvgIpc) is 2.45. The van der Waals surface area contributed by atoms with Crippen molar-refractivity contribution >= 4 is 17.3 Å². The summed E-state index contributed by atoms with van der Waals surface area (Å²) >= 11 is 0. The van der Waals surface area contributed by atoms with Crippen LogP contribution in [0.3, 0.4) is 0 Å². The van der Waals surface area contributed by atoms with Crippen LogP contribution in [-0.2, 0) is 4.74 Å². The fraction of sp³-hybridized carbons (Fsp3) is 0.500. The molecule has 0 aromatic heterocycles. The number of hydrogen-bond donors (Lipinski definition) is 2. The highest BCUT2D eigenvalue weighted by Gasteiger charge is 2.29. The summed E-state index contributed by atoms with van der Waals surface area (Å²) in [5.74, 6) is -0.471. The molecule has 7 nitrogen and oxygen atoms in total. The Morgan fingerprint density at radius 3 is 2.76 bits per heavy atom. The second-order valence-corrected chi connectivity index (χ2v) is 5.64. The summed E-state index contributed by atoms with van der Waals surface area (Å²) in [5, 5.41) is 13.8. The molecule has 0 bridgehead atoms. The van der Waals surface area contributed by atoms with E-state index in [9.17, 15) is 14.9 Å². The maximum absolute atomic E-state index is 12.2. The highest BCUT2D eigenvalue weighted by atomic mass is 16.6. The van der Waals surface area contributed by atoms with Gasteiger partial charge < -0.3 is 15.8 Å². The summed E-state index contributed by atoms with van der Waals surface area (Å²) in [6, 6.07) is 3.99. The molecule has 0 spiro atoms. The van der Waals surface area contributed by atoms with Crippen molar-refractivity contribution in [2.45, 2.75) is 19.8 Å². The van der Waals surface area contributed by atoms with Crippen molar-refractivity contribution < 1.29 is 14.5 Å². The Hall–Kier alpha value is -2.15. The molecule has 7 heteroatoms. The van der Waals surface area contributed by atoms with Crippen LogP contribution >= 0.6 is 0 Å². The molecule has 3 N–H and O–H groups in total. The van der Waals surface area contributed by atoms with Gasteiger partial charge in [-0.25, -0.2) is 0 Å². The molecule has 0 saturated carbocycles. The number of nitro benzene ring substituents is 1. The van der Waals surface area contributed by atoms with E-state index < -0.39 is 10.8 Å². The lowest BCUT2D eigenvalue weighted by Gasteiger charge is -2.33. The van der Waals surface area contributed by atoms with Gasteiger partial charge in [0.1, 0.15) is 5.56 Å². The number of amides is 1. The number of anilines is 1. The van der Waals surface area contributed by atoms with Gasteiger partial charge >= 0.3 is 0 Å². The molecule has 1 saturated heterocycles. The zero-order valence-corrected chi connectivity index (χ0v) is 11.9. The minimum Gasteiger partial charge on any atom is -0.399 e. The number of nitro groups is 1. The third-order valence-electron chi connectivity index (χ3n) is 3.84. The van der Waals surface area contributed by atoms with E-state index in [0.29, 0.717) is 25.4 Å². The number of carbonyl (C=O) groups excluding carboxylic acids is 1. The summed E-state index contributed by atoms with van der Waals surface area (Å²) in [6.07, 6.45) is 1.71. The molecule has 1 aromatic rings. The van der Waals surface area contributed by atoms with Crippen molar-refractivity contribution in [3.63, 3.8) is 0 Å². The molecular formula is C14H19N3O4. The number of nitrogen functional groups attached to an aromatic ring is 1. The molecule has 1 aromatic carbocycles. The van der Waals surface area contributed by atoms with E-state index in [4.69, 9.17) is 10.5 Å². The second kappa shape index (κ2) is 6.09. The lowest BCUT2D eigenvalue weighted by Crippen LogP contribution is -2.39. The molecule has 1 heterocycles. The van der Waals surface area contributed by atoms with E-state index >= 15 is 0 Å². The van der Waals surface area contributed by atoms with Crippen molar-refractivity contribution in [2.75, 3.05) is 25.5 Å². The van der Waals surface area contributed by atoms with Gasteiger partial charge in [0.25, 0.3) is 11.6 Å². The Kier molecular flexibility index (Phi) is 4.42. The van der Waals surface area contributed by atoms with E-state index in [1.165, 1.54) is 18.2 Å². The maximum Gasteiger partial charge on any atom is 0.282 e. The van der Waals surface area contributed by atoms with E-state index in [-0.39, 0.29) is 16.7 Å². The van der Waals surface area contributed by atoms with Crippen LogP contribution in [0.1, 0.15) is 30.1 Å².